The fourth-order valence-corrected chi connectivity index (χ4v) is 5.43. The van der Waals surface area contributed by atoms with Crippen LogP contribution < -0.4 is 11.1 Å². The van der Waals surface area contributed by atoms with Crippen LogP contribution in [0.2, 0.25) is 0 Å². The molecule has 33 heavy (non-hydrogen) atoms. The number of fused-ring (bicyclic) bond motifs is 2. The number of rotatable bonds is 2. The van der Waals surface area contributed by atoms with Crippen molar-refractivity contribution in [2.45, 2.75) is 36.9 Å². The molecule has 1 atom stereocenters. The Morgan fingerprint density at radius 1 is 1.21 bits per heavy atom. The SMILES string of the molecule is CC1(C)C(N)=NC2(COCc3ccc(NC(=O)c4ccc(C(F)(F)F)cn4)cc32)CS1(=O)=O. The smallest absolute Gasteiger partial charge is 0.386 e. The Morgan fingerprint density at radius 3 is 2.55 bits per heavy atom. The highest BCUT2D eigenvalue weighted by molar-refractivity contribution is 7.93. The second kappa shape index (κ2) is 7.52. The topological polar surface area (TPSA) is 124 Å². The minimum atomic E-state index is -4.56. The molecule has 0 radical (unpaired) electrons. The molecule has 0 saturated heterocycles. The number of nitrogens with one attached hydrogen (secondary N) is 1. The van der Waals surface area contributed by atoms with Gasteiger partial charge >= 0.3 is 6.18 Å². The standard InChI is InChI=1S/C21H21F3N4O4S/c1-19(2)18(25)28-20(11-33(19,30)31)10-32-9-12-3-5-14(7-15(12)20)27-17(29)16-6-4-13(8-26-16)21(22,23)24/h3-8H,9-11H2,1-2H3,(H2,25,28)(H,27,29). The number of nitrogens with two attached hydrogens (primary N) is 1. The lowest BCUT2D eigenvalue weighted by atomic mass is 9.86. The first-order valence-corrected chi connectivity index (χ1v) is 11.5. The summed E-state index contributed by atoms with van der Waals surface area (Å²) in [7, 11) is -3.68. The highest BCUT2D eigenvalue weighted by Crippen LogP contribution is 2.42. The van der Waals surface area contributed by atoms with Crippen LogP contribution in [0.15, 0.2) is 41.5 Å². The number of benzene rings is 1. The van der Waals surface area contributed by atoms with E-state index in [4.69, 9.17) is 10.5 Å². The molecular weight excluding hydrogens is 461 g/mol. The van der Waals surface area contributed by atoms with Crippen molar-refractivity contribution in [3.05, 3.63) is 58.9 Å². The van der Waals surface area contributed by atoms with Crippen molar-refractivity contribution < 1.29 is 31.1 Å². The van der Waals surface area contributed by atoms with Crippen LogP contribution in [0.3, 0.4) is 0 Å². The van der Waals surface area contributed by atoms with Gasteiger partial charge in [0.1, 0.15) is 21.8 Å². The van der Waals surface area contributed by atoms with Crippen LogP contribution in [0.25, 0.3) is 0 Å². The molecule has 2 aliphatic heterocycles. The summed E-state index contributed by atoms with van der Waals surface area (Å²) in [6.07, 6.45) is -3.98. The number of amides is 1. The van der Waals surface area contributed by atoms with Crippen molar-refractivity contribution in [2.24, 2.45) is 10.7 Å². The predicted octanol–water partition coefficient (Wildman–Crippen LogP) is 2.64. The number of aromatic nitrogens is 1. The summed E-state index contributed by atoms with van der Waals surface area (Å²) in [5.74, 6) is -1.07. The lowest BCUT2D eigenvalue weighted by Crippen LogP contribution is -2.57. The van der Waals surface area contributed by atoms with Gasteiger partial charge in [-0.2, -0.15) is 13.2 Å². The van der Waals surface area contributed by atoms with E-state index in [0.29, 0.717) is 23.0 Å². The molecule has 8 nitrogen and oxygen atoms in total. The number of anilines is 1. The Labute approximate surface area is 188 Å². The van der Waals surface area contributed by atoms with Gasteiger partial charge < -0.3 is 15.8 Å². The van der Waals surface area contributed by atoms with E-state index in [9.17, 15) is 26.4 Å². The summed E-state index contributed by atoms with van der Waals surface area (Å²) in [6, 6.07) is 6.59. The molecule has 1 unspecified atom stereocenters. The van der Waals surface area contributed by atoms with E-state index >= 15 is 0 Å². The van der Waals surface area contributed by atoms with E-state index in [1.165, 1.54) is 13.8 Å². The van der Waals surface area contributed by atoms with Crippen LogP contribution in [0.5, 0.6) is 0 Å². The first-order chi connectivity index (χ1) is 15.3. The third kappa shape index (κ3) is 3.97. The number of aliphatic imine (C=N–C) groups is 1. The minimum absolute atomic E-state index is 0.00608. The monoisotopic (exact) mass is 482 g/mol. The Kier molecular flexibility index (Phi) is 5.28. The average molecular weight is 482 g/mol. The summed E-state index contributed by atoms with van der Waals surface area (Å²) in [5, 5.41) is 2.58. The number of alkyl halides is 3. The van der Waals surface area contributed by atoms with E-state index < -0.39 is 37.8 Å². The molecule has 1 aromatic heterocycles. The van der Waals surface area contributed by atoms with Crippen molar-refractivity contribution >= 4 is 27.3 Å². The molecule has 2 aliphatic rings. The van der Waals surface area contributed by atoms with Crippen LogP contribution in [-0.4, -0.2) is 42.3 Å². The maximum Gasteiger partial charge on any atom is 0.417 e. The van der Waals surface area contributed by atoms with E-state index in [0.717, 1.165) is 12.1 Å². The summed E-state index contributed by atoms with van der Waals surface area (Å²) in [5.41, 5.74) is 5.16. The zero-order valence-electron chi connectivity index (χ0n) is 17.7. The molecule has 2 aromatic rings. The second-order valence-electron chi connectivity index (χ2n) is 8.55. The first kappa shape index (κ1) is 23.2. The summed E-state index contributed by atoms with van der Waals surface area (Å²) in [6.45, 7) is 3.21. The molecule has 0 aliphatic carbocycles. The van der Waals surface area contributed by atoms with E-state index in [1.807, 2.05) is 0 Å². The van der Waals surface area contributed by atoms with Gasteiger partial charge in [-0.25, -0.2) is 8.42 Å². The number of hydrogen-bond acceptors (Lipinski definition) is 7. The van der Waals surface area contributed by atoms with E-state index in [1.54, 1.807) is 18.2 Å². The van der Waals surface area contributed by atoms with Crippen molar-refractivity contribution in [3.8, 4) is 0 Å². The number of nitrogens with zero attached hydrogens (tertiary/aromatic N) is 2. The lowest BCUT2D eigenvalue weighted by molar-refractivity contribution is -0.137. The third-order valence-electron chi connectivity index (χ3n) is 5.95. The van der Waals surface area contributed by atoms with Gasteiger partial charge in [-0.15, -0.1) is 0 Å². The molecule has 176 valence electrons. The van der Waals surface area contributed by atoms with Crippen molar-refractivity contribution in [1.29, 1.82) is 0 Å². The predicted molar refractivity (Wildman–Crippen MR) is 114 cm³/mol. The van der Waals surface area contributed by atoms with Crippen molar-refractivity contribution in [3.63, 3.8) is 0 Å². The summed E-state index contributed by atoms with van der Waals surface area (Å²) >= 11 is 0. The lowest BCUT2D eigenvalue weighted by Gasteiger charge is -2.42. The number of carbonyl (C=O) groups excluding carboxylic acids is 1. The molecule has 1 aromatic carbocycles. The molecule has 1 spiro atoms. The van der Waals surface area contributed by atoms with Gasteiger partial charge in [0.2, 0.25) is 0 Å². The Balaban J connectivity index is 1.67. The Hall–Kier alpha value is -2.99. The highest BCUT2D eigenvalue weighted by Gasteiger charge is 2.52. The maximum atomic E-state index is 13.0. The van der Waals surface area contributed by atoms with E-state index in [2.05, 4.69) is 15.3 Å². The van der Waals surface area contributed by atoms with E-state index in [-0.39, 0.29) is 30.5 Å². The van der Waals surface area contributed by atoms with Gasteiger partial charge in [0, 0.05) is 11.9 Å². The normalized spacial score (nSPS) is 23.5. The van der Waals surface area contributed by atoms with Crippen molar-refractivity contribution in [2.75, 3.05) is 17.7 Å². The second-order valence-corrected chi connectivity index (χ2v) is 11.1. The van der Waals surface area contributed by atoms with Crippen LogP contribution >= 0.6 is 0 Å². The fraction of sp³-hybridized carbons (Fsp3) is 0.381. The number of sulfone groups is 1. The summed E-state index contributed by atoms with van der Waals surface area (Å²) in [4.78, 5) is 20.6. The molecular formula is C21H21F3N4O4S. The number of halogens is 3. The van der Waals surface area contributed by atoms with Gasteiger partial charge in [-0.1, -0.05) is 6.07 Å². The van der Waals surface area contributed by atoms with Crippen LogP contribution in [0.4, 0.5) is 18.9 Å². The third-order valence-corrected chi connectivity index (χ3v) is 8.57. The van der Waals surface area contributed by atoms with Gasteiger partial charge in [0.05, 0.1) is 24.5 Å². The van der Waals surface area contributed by atoms with Gasteiger partial charge in [-0.05, 0) is 49.2 Å². The Morgan fingerprint density at radius 2 is 1.94 bits per heavy atom. The molecule has 0 saturated carbocycles. The number of ether oxygens (including phenoxy) is 1. The molecule has 0 fully saturated rings. The molecule has 3 N–H and O–H groups in total. The molecule has 3 heterocycles. The quantitative estimate of drug-likeness (QED) is 0.678. The molecule has 12 heteroatoms. The zero-order valence-corrected chi connectivity index (χ0v) is 18.5. The Bertz CT molecular complexity index is 1260. The molecule has 1 amide bonds. The van der Waals surface area contributed by atoms with Gasteiger partial charge in [0.25, 0.3) is 5.91 Å². The minimum Gasteiger partial charge on any atom is -0.386 e. The molecule has 4 rings (SSSR count). The summed E-state index contributed by atoms with van der Waals surface area (Å²) < 4.78 is 68.4. The average Bonchev–Trinajstić information content (AvgIpc) is 2.72. The maximum absolute atomic E-state index is 13.0. The fourth-order valence-electron chi connectivity index (χ4n) is 3.78. The highest BCUT2D eigenvalue weighted by atomic mass is 32.2. The largest absolute Gasteiger partial charge is 0.417 e. The number of carbonyl (C=O) groups is 1. The number of amidine groups is 1. The zero-order chi connectivity index (χ0) is 24.2. The number of pyridine rings is 1. The van der Waals surface area contributed by atoms with Crippen LogP contribution in [-0.2, 0) is 32.9 Å². The van der Waals surface area contributed by atoms with Gasteiger partial charge in [0.15, 0.2) is 9.84 Å². The van der Waals surface area contributed by atoms with Gasteiger partial charge in [-0.3, -0.25) is 14.8 Å². The van der Waals surface area contributed by atoms with Crippen LogP contribution in [0.1, 0.15) is 41.0 Å². The first-order valence-electron chi connectivity index (χ1n) is 9.89. The van der Waals surface area contributed by atoms with Crippen molar-refractivity contribution in [1.82, 2.24) is 4.98 Å². The molecule has 0 bridgehead atoms. The number of hydrogen-bond donors (Lipinski definition) is 2. The van der Waals surface area contributed by atoms with Crippen LogP contribution in [0, 0.1) is 0 Å².